The molecular formula is C16H9ClF7NO2. The molecule has 0 bridgehead atoms. The van der Waals surface area contributed by atoms with Crippen molar-refractivity contribution in [1.82, 2.24) is 0 Å². The number of carbonyl (C=O) groups excluding carboxylic acids is 1. The number of benzene rings is 2. The van der Waals surface area contributed by atoms with Crippen LogP contribution >= 0.6 is 11.6 Å². The van der Waals surface area contributed by atoms with Crippen LogP contribution in [0.3, 0.4) is 0 Å². The van der Waals surface area contributed by atoms with E-state index in [9.17, 15) is 35.5 Å². The van der Waals surface area contributed by atoms with Crippen molar-refractivity contribution in [2.75, 3.05) is 11.9 Å². The first kappa shape index (κ1) is 20.8. The van der Waals surface area contributed by atoms with Crippen LogP contribution in [-0.2, 0) is 17.1 Å². The lowest BCUT2D eigenvalue weighted by atomic mass is 10.1. The van der Waals surface area contributed by atoms with E-state index >= 15 is 0 Å². The molecule has 0 spiro atoms. The number of rotatable bonds is 4. The van der Waals surface area contributed by atoms with Gasteiger partial charge in [0.15, 0.2) is 6.61 Å². The van der Waals surface area contributed by atoms with E-state index < -0.39 is 47.6 Å². The molecule has 2 rings (SSSR count). The van der Waals surface area contributed by atoms with E-state index in [-0.39, 0.29) is 16.8 Å². The second-order valence-electron chi connectivity index (χ2n) is 5.20. The average Bonchev–Trinajstić information content (AvgIpc) is 2.54. The Hall–Kier alpha value is -2.49. The molecule has 0 aliphatic heterocycles. The number of anilines is 1. The number of alkyl halides is 6. The van der Waals surface area contributed by atoms with E-state index in [4.69, 9.17) is 16.3 Å². The highest BCUT2D eigenvalue weighted by Crippen LogP contribution is 2.38. The summed E-state index contributed by atoms with van der Waals surface area (Å²) in [5.41, 5.74) is -3.16. The van der Waals surface area contributed by atoms with Crippen molar-refractivity contribution in [1.29, 1.82) is 0 Å². The van der Waals surface area contributed by atoms with Crippen LogP contribution < -0.4 is 10.1 Å². The highest BCUT2D eigenvalue weighted by atomic mass is 35.5. The van der Waals surface area contributed by atoms with Crippen LogP contribution in [0, 0.1) is 5.82 Å². The van der Waals surface area contributed by atoms with Crippen LogP contribution in [0.4, 0.5) is 36.4 Å². The summed E-state index contributed by atoms with van der Waals surface area (Å²) in [7, 11) is 0. The zero-order valence-corrected chi connectivity index (χ0v) is 13.8. The van der Waals surface area contributed by atoms with Gasteiger partial charge in [-0.2, -0.15) is 26.3 Å². The molecule has 146 valence electrons. The molecule has 0 aliphatic carbocycles. The summed E-state index contributed by atoms with van der Waals surface area (Å²) in [6.07, 6.45) is -10.1. The number of halogens is 8. The second kappa shape index (κ2) is 7.63. The fourth-order valence-electron chi connectivity index (χ4n) is 1.94. The highest BCUT2D eigenvalue weighted by Gasteiger charge is 2.37. The number of amides is 1. The molecule has 3 nitrogen and oxygen atoms in total. The van der Waals surface area contributed by atoms with Crippen molar-refractivity contribution in [2.24, 2.45) is 0 Å². The summed E-state index contributed by atoms with van der Waals surface area (Å²) in [5, 5.41) is 2.04. The molecule has 0 aliphatic rings. The first-order valence-corrected chi connectivity index (χ1v) is 7.41. The van der Waals surface area contributed by atoms with Gasteiger partial charge in [-0.25, -0.2) is 4.39 Å². The molecule has 1 N–H and O–H groups in total. The lowest BCUT2D eigenvalue weighted by Gasteiger charge is -2.15. The van der Waals surface area contributed by atoms with E-state index in [0.717, 1.165) is 18.2 Å². The molecule has 0 fully saturated rings. The zero-order valence-electron chi connectivity index (χ0n) is 13.0. The van der Waals surface area contributed by atoms with Crippen LogP contribution in [0.15, 0.2) is 36.4 Å². The molecule has 0 atom stereocenters. The zero-order chi connectivity index (χ0) is 20.4. The van der Waals surface area contributed by atoms with Crippen molar-refractivity contribution in [3.05, 3.63) is 58.4 Å². The number of nitrogens with one attached hydrogen (secondary N) is 1. The first-order valence-electron chi connectivity index (χ1n) is 7.03. The Morgan fingerprint density at radius 3 is 2.00 bits per heavy atom. The van der Waals surface area contributed by atoms with Crippen molar-refractivity contribution in [3.63, 3.8) is 0 Å². The second-order valence-corrected chi connectivity index (χ2v) is 5.61. The van der Waals surface area contributed by atoms with Crippen LogP contribution in [0.2, 0.25) is 5.02 Å². The average molecular weight is 416 g/mol. The molecule has 0 unspecified atom stereocenters. The number of ether oxygens (including phenoxy) is 1. The maximum absolute atomic E-state index is 12.9. The first-order chi connectivity index (χ1) is 12.4. The summed E-state index contributed by atoms with van der Waals surface area (Å²) in [4.78, 5) is 11.8. The molecule has 2 aromatic carbocycles. The molecule has 0 aromatic heterocycles. The third kappa shape index (κ3) is 5.75. The van der Waals surface area contributed by atoms with Crippen molar-refractivity contribution in [3.8, 4) is 5.75 Å². The van der Waals surface area contributed by atoms with Gasteiger partial charge in [0, 0.05) is 0 Å². The van der Waals surface area contributed by atoms with Gasteiger partial charge < -0.3 is 10.1 Å². The maximum atomic E-state index is 12.9. The predicted octanol–water partition coefficient (Wildman–Crippen LogP) is 5.53. The molecule has 0 saturated heterocycles. The van der Waals surface area contributed by atoms with Crippen LogP contribution in [0.5, 0.6) is 5.75 Å². The van der Waals surface area contributed by atoms with E-state index in [2.05, 4.69) is 5.32 Å². The maximum Gasteiger partial charge on any atom is 0.416 e. The van der Waals surface area contributed by atoms with Gasteiger partial charge in [0.25, 0.3) is 5.91 Å². The fourth-order valence-corrected chi connectivity index (χ4v) is 2.15. The van der Waals surface area contributed by atoms with Gasteiger partial charge in [-0.1, -0.05) is 11.6 Å². The van der Waals surface area contributed by atoms with Gasteiger partial charge in [-0.05, 0) is 36.4 Å². The SMILES string of the molecule is O=C(COc1cc(C(F)(F)F)cc(C(F)(F)F)c1)Nc1ccc(F)cc1Cl. The van der Waals surface area contributed by atoms with E-state index in [1.807, 2.05) is 0 Å². The minimum atomic E-state index is -5.04. The Balaban J connectivity index is 2.15. The Bertz CT molecular complexity index is 817. The van der Waals surface area contributed by atoms with Gasteiger partial charge in [0.2, 0.25) is 0 Å². The van der Waals surface area contributed by atoms with Gasteiger partial charge in [-0.3, -0.25) is 4.79 Å². The number of hydrogen-bond acceptors (Lipinski definition) is 2. The summed E-state index contributed by atoms with van der Waals surface area (Å²) in [6, 6.07) is 3.64. The van der Waals surface area contributed by atoms with E-state index in [0.29, 0.717) is 12.1 Å². The largest absolute Gasteiger partial charge is 0.484 e. The van der Waals surface area contributed by atoms with Gasteiger partial charge in [0.05, 0.1) is 21.8 Å². The van der Waals surface area contributed by atoms with Crippen molar-refractivity contribution >= 4 is 23.2 Å². The molecule has 27 heavy (non-hydrogen) atoms. The van der Waals surface area contributed by atoms with Crippen LogP contribution in [0.25, 0.3) is 0 Å². The molecule has 11 heteroatoms. The third-order valence-electron chi connectivity index (χ3n) is 3.14. The van der Waals surface area contributed by atoms with Crippen molar-refractivity contribution < 1.29 is 40.3 Å². The Morgan fingerprint density at radius 2 is 1.52 bits per heavy atom. The lowest BCUT2D eigenvalue weighted by molar-refractivity contribution is -0.143. The van der Waals surface area contributed by atoms with Gasteiger partial charge in [0.1, 0.15) is 11.6 Å². The Kier molecular flexibility index (Phi) is 5.88. The van der Waals surface area contributed by atoms with Crippen LogP contribution in [0.1, 0.15) is 11.1 Å². The number of hydrogen-bond donors (Lipinski definition) is 1. The minimum absolute atomic E-state index is 0.00769. The predicted molar refractivity (Wildman–Crippen MR) is 82.0 cm³/mol. The van der Waals surface area contributed by atoms with Gasteiger partial charge >= 0.3 is 12.4 Å². The monoisotopic (exact) mass is 415 g/mol. The van der Waals surface area contributed by atoms with E-state index in [1.54, 1.807) is 0 Å². The summed E-state index contributed by atoms with van der Waals surface area (Å²) < 4.78 is 94.2. The highest BCUT2D eigenvalue weighted by molar-refractivity contribution is 6.33. The normalized spacial score (nSPS) is 12.0. The summed E-state index contributed by atoms with van der Waals surface area (Å²) >= 11 is 5.69. The Labute approximate surface area is 152 Å². The standard InChI is InChI=1S/C16H9ClF7NO2/c17-12-6-10(18)1-2-13(12)25-14(26)7-27-11-4-8(15(19,20)21)3-9(5-11)16(22,23)24/h1-6H,7H2,(H,25,26). The molecule has 1 amide bonds. The quantitative estimate of drug-likeness (QED) is 0.666. The molecule has 2 aromatic rings. The number of carbonyl (C=O) groups is 1. The molecular weight excluding hydrogens is 407 g/mol. The molecule has 0 saturated carbocycles. The van der Waals surface area contributed by atoms with Crippen LogP contribution in [-0.4, -0.2) is 12.5 Å². The fraction of sp³-hybridized carbons (Fsp3) is 0.188. The lowest BCUT2D eigenvalue weighted by Crippen LogP contribution is -2.21. The van der Waals surface area contributed by atoms with Gasteiger partial charge in [-0.15, -0.1) is 0 Å². The topological polar surface area (TPSA) is 38.3 Å². The molecule has 0 heterocycles. The summed E-state index contributed by atoms with van der Waals surface area (Å²) in [5.74, 6) is -2.38. The molecule has 0 radical (unpaired) electrons. The minimum Gasteiger partial charge on any atom is -0.484 e. The smallest absolute Gasteiger partial charge is 0.416 e. The Morgan fingerprint density at radius 1 is 0.963 bits per heavy atom. The van der Waals surface area contributed by atoms with Crippen molar-refractivity contribution in [2.45, 2.75) is 12.4 Å². The van der Waals surface area contributed by atoms with E-state index in [1.165, 1.54) is 0 Å². The summed E-state index contributed by atoms with van der Waals surface area (Å²) in [6.45, 7) is -0.897. The third-order valence-corrected chi connectivity index (χ3v) is 3.45.